The summed E-state index contributed by atoms with van der Waals surface area (Å²) in [6.07, 6.45) is 9.06. The Balaban J connectivity index is 1.72. The van der Waals surface area contributed by atoms with Gasteiger partial charge in [-0.1, -0.05) is 19.8 Å². The van der Waals surface area contributed by atoms with Crippen molar-refractivity contribution < 1.29 is 4.79 Å². The fourth-order valence-corrected chi connectivity index (χ4v) is 3.74. The van der Waals surface area contributed by atoms with Crippen molar-refractivity contribution in [3.63, 3.8) is 0 Å². The van der Waals surface area contributed by atoms with Gasteiger partial charge < -0.3 is 10.2 Å². The van der Waals surface area contributed by atoms with Gasteiger partial charge in [-0.2, -0.15) is 0 Å². The number of amides is 1. The molecule has 2 fully saturated rings. The Morgan fingerprint density at radius 3 is 3.10 bits per heavy atom. The minimum atomic E-state index is 0.186. The third kappa shape index (κ3) is 3.04. The summed E-state index contributed by atoms with van der Waals surface area (Å²) < 4.78 is 0. The monoisotopic (exact) mass is 287 g/mol. The van der Waals surface area contributed by atoms with Crippen LogP contribution < -0.4 is 5.32 Å². The molecule has 1 saturated carbocycles. The number of fused-ring (bicyclic) bond motifs is 1. The van der Waals surface area contributed by atoms with Crippen LogP contribution in [-0.2, 0) is 0 Å². The summed E-state index contributed by atoms with van der Waals surface area (Å²) in [4.78, 5) is 19.2. The van der Waals surface area contributed by atoms with Gasteiger partial charge in [-0.25, -0.2) is 4.98 Å². The van der Waals surface area contributed by atoms with Crippen LogP contribution in [0, 0.1) is 5.92 Å². The highest BCUT2D eigenvalue weighted by atomic mass is 16.2. The van der Waals surface area contributed by atoms with Gasteiger partial charge in [0.25, 0.3) is 5.91 Å². The third-order valence-electron chi connectivity index (χ3n) is 4.83. The first-order valence-electron chi connectivity index (χ1n) is 8.30. The lowest BCUT2D eigenvalue weighted by Gasteiger charge is -2.31. The molecule has 0 spiro atoms. The van der Waals surface area contributed by atoms with Crippen LogP contribution in [0.25, 0.3) is 0 Å². The Morgan fingerprint density at radius 2 is 2.24 bits per heavy atom. The average molecular weight is 287 g/mol. The first-order chi connectivity index (χ1) is 10.3. The minimum Gasteiger partial charge on any atom is -0.370 e. The number of carbonyl (C=O) groups excluding carboxylic acids is 1. The smallest absolute Gasteiger partial charge is 0.254 e. The zero-order valence-electron chi connectivity index (χ0n) is 12.8. The fourth-order valence-electron chi connectivity index (χ4n) is 3.74. The number of nitrogens with one attached hydrogen (secondary N) is 1. The second kappa shape index (κ2) is 6.46. The van der Waals surface area contributed by atoms with Crippen LogP contribution in [0.2, 0.25) is 0 Å². The van der Waals surface area contributed by atoms with Gasteiger partial charge in [0.1, 0.15) is 5.82 Å². The van der Waals surface area contributed by atoms with Crippen molar-refractivity contribution in [3.05, 3.63) is 23.9 Å². The van der Waals surface area contributed by atoms with Gasteiger partial charge in [-0.15, -0.1) is 0 Å². The molecule has 0 aromatic carbocycles. The molecule has 1 aliphatic heterocycles. The van der Waals surface area contributed by atoms with E-state index in [0.717, 1.165) is 36.8 Å². The van der Waals surface area contributed by atoms with Gasteiger partial charge in [0.2, 0.25) is 0 Å². The van der Waals surface area contributed by atoms with Crippen LogP contribution in [0.15, 0.2) is 18.3 Å². The standard InChI is InChI=1S/C17H25N3O/c1-2-9-18-16-12-14(7-10-19-16)17(21)20-11-8-13-5-3-4-6-15(13)20/h7,10,12-13,15H,2-6,8-9,11H2,1H3,(H,18,19). The zero-order chi connectivity index (χ0) is 14.7. The van der Waals surface area contributed by atoms with Crippen molar-refractivity contribution in [2.24, 2.45) is 5.92 Å². The van der Waals surface area contributed by atoms with E-state index in [1.54, 1.807) is 6.20 Å². The average Bonchev–Trinajstić information content (AvgIpc) is 2.96. The first kappa shape index (κ1) is 14.4. The van der Waals surface area contributed by atoms with Gasteiger partial charge in [-0.3, -0.25) is 4.79 Å². The molecular formula is C17H25N3O. The Morgan fingerprint density at radius 1 is 1.38 bits per heavy atom. The Hall–Kier alpha value is -1.58. The number of anilines is 1. The van der Waals surface area contributed by atoms with Crippen molar-refractivity contribution in [2.75, 3.05) is 18.4 Å². The van der Waals surface area contributed by atoms with E-state index >= 15 is 0 Å². The molecule has 1 N–H and O–H groups in total. The summed E-state index contributed by atoms with van der Waals surface area (Å²) >= 11 is 0. The van der Waals surface area contributed by atoms with Crippen molar-refractivity contribution in [2.45, 2.75) is 51.5 Å². The number of hydrogen-bond donors (Lipinski definition) is 1. The minimum absolute atomic E-state index is 0.186. The number of hydrogen-bond acceptors (Lipinski definition) is 3. The normalized spacial score (nSPS) is 24.7. The van der Waals surface area contributed by atoms with E-state index in [1.165, 1.54) is 32.1 Å². The SMILES string of the molecule is CCCNc1cc(C(=O)N2CCC3CCCCC32)ccn1. The number of carbonyl (C=O) groups is 1. The van der Waals surface area contributed by atoms with E-state index in [0.29, 0.717) is 6.04 Å². The molecule has 1 aromatic heterocycles. The number of pyridine rings is 1. The van der Waals surface area contributed by atoms with Crippen molar-refractivity contribution in [3.8, 4) is 0 Å². The molecule has 1 aliphatic carbocycles. The van der Waals surface area contributed by atoms with E-state index in [1.807, 2.05) is 12.1 Å². The highest BCUT2D eigenvalue weighted by molar-refractivity contribution is 5.95. The Labute approximate surface area is 126 Å². The van der Waals surface area contributed by atoms with E-state index in [4.69, 9.17) is 0 Å². The molecule has 2 heterocycles. The van der Waals surface area contributed by atoms with Gasteiger partial charge in [-0.05, 0) is 43.7 Å². The maximum absolute atomic E-state index is 12.8. The van der Waals surface area contributed by atoms with Gasteiger partial charge >= 0.3 is 0 Å². The van der Waals surface area contributed by atoms with Crippen molar-refractivity contribution in [1.82, 2.24) is 9.88 Å². The molecule has 114 valence electrons. The summed E-state index contributed by atoms with van der Waals surface area (Å²) in [5.74, 6) is 1.73. The van der Waals surface area contributed by atoms with E-state index < -0.39 is 0 Å². The number of nitrogens with zero attached hydrogens (tertiary/aromatic N) is 2. The first-order valence-corrected chi connectivity index (χ1v) is 8.30. The lowest BCUT2D eigenvalue weighted by atomic mass is 9.85. The summed E-state index contributed by atoms with van der Waals surface area (Å²) in [6.45, 7) is 3.93. The molecule has 2 aliphatic rings. The number of likely N-dealkylation sites (tertiary alicyclic amines) is 1. The number of aromatic nitrogens is 1. The topological polar surface area (TPSA) is 45.2 Å². The number of rotatable bonds is 4. The maximum atomic E-state index is 12.8. The zero-order valence-corrected chi connectivity index (χ0v) is 12.8. The van der Waals surface area contributed by atoms with Crippen LogP contribution in [0.1, 0.15) is 55.8 Å². The second-order valence-electron chi connectivity index (χ2n) is 6.26. The molecule has 2 atom stereocenters. The molecule has 1 saturated heterocycles. The quantitative estimate of drug-likeness (QED) is 0.924. The highest BCUT2D eigenvalue weighted by Crippen LogP contribution is 2.36. The summed E-state index contributed by atoms with van der Waals surface area (Å²) in [5.41, 5.74) is 0.773. The predicted octanol–water partition coefficient (Wildman–Crippen LogP) is 3.31. The molecule has 0 radical (unpaired) electrons. The van der Waals surface area contributed by atoms with Crippen LogP contribution in [0.5, 0.6) is 0 Å². The fraction of sp³-hybridized carbons (Fsp3) is 0.647. The lowest BCUT2D eigenvalue weighted by molar-refractivity contribution is 0.0690. The molecular weight excluding hydrogens is 262 g/mol. The second-order valence-corrected chi connectivity index (χ2v) is 6.26. The summed E-state index contributed by atoms with van der Waals surface area (Å²) in [6, 6.07) is 4.22. The van der Waals surface area contributed by atoms with Crippen LogP contribution in [-0.4, -0.2) is 34.9 Å². The summed E-state index contributed by atoms with van der Waals surface area (Å²) in [5, 5.41) is 3.25. The maximum Gasteiger partial charge on any atom is 0.254 e. The van der Waals surface area contributed by atoms with E-state index in [9.17, 15) is 4.79 Å². The van der Waals surface area contributed by atoms with Crippen LogP contribution in [0.4, 0.5) is 5.82 Å². The lowest BCUT2D eigenvalue weighted by Crippen LogP contribution is -2.39. The molecule has 4 nitrogen and oxygen atoms in total. The Kier molecular flexibility index (Phi) is 4.42. The summed E-state index contributed by atoms with van der Waals surface area (Å²) in [7, 11) is 0. The molecule has 3 rings (SSSR count). The Bertz CT molecular complexity index is 503. The predicted molar refractivity (Wildman–Crippen MR) is 84.4 cm³/mol. The molecule has 4 heteroatoms. The van der Waals surface area contributed by atoms with Gasteiger partial charge in [0.05, 0.1) is 0 Å². The highest BCUT2D eigenvalue weighted by Gasteiger charge is 2.38. The van der Waals surface area contributed by atoms with Crippen LogP contribution in [0.3, 0.4) is 0 Å². The molecule has 2 unspecified atom stereocenters. The molecule has 1 amide bonds. The van der Waals surface area contributed by atoms with Gasteiger partial charge in [0.15, 0.2) is 0 Å². The van der Waals surface area contributed by atoms with Gasteiger partial charge in [0, 0.05) is 30.9 Å². The van der Waals surface area contributed by atoms with Crippen molar-refractivity contribution >= 4 is 11.7 Å². The molecule has 21 heavy (non-hydrogen) atoms. The molecule has 0 bridgehead atoms. The third-order valence-corrected chi connectivity index (χ3v) is 4.83. The van der Waals surface area contributed by atoms with E-state index in [-0.39, 0.29) is 5.91 Å². The van der Waals surface area contributed by atoms with E-state index in [2.05, 4.69) is 22.1 Å². The largest absolute Gasteiger partial charge is 0.370 e. The molecule has 1 aromatic rings. The van der Waals surface area contributed by atoms with Crippen molar-refractivity contribution in [1.29, 1.82) is 0 Å². The van der Waals surface area contributed by atoms with Crippen LogP contribution >= 0.6 is 0 Å².